The highest BCUT2D eigenvalue weighted by atomic mass is 32.1. The molecule has 4 rings (SSSR count). The van der Waals surface area contributed by atoms with Crippen molar-refractivity contribution in [1.29, 1.82) is 0 Å². The van der Waals surface area contributed by atoms with Gasteiger partial charge in [-0.3, -0.25) is 4.57 Å². The van der Waals surface area contributed by atoms with E-state index in [1.807, 2.05) is 6.92 Å². The highest BCUT2D eigenvalue weighted by Crippen LogP contribution is 2.30. The van der Waals surface area contributed by atoms with Gasteiger partial charge in [0.05, 0.1) is 36.6 Å². The van der Waals surface area contributed by atoms with Crippen LogP contribution in [0.4, 0.5) is 19.0 Å². The molecule has 160 valence electrons. The Bertz CT molecular complexity index is 1300. The van der Waals surface area contributed by atoms with Gasteiger partial charge in [0.2, 0.25) is 0 Å². The lowest BCUT2D eigenvalue weighted by Crippen LogP contribution is -2.11. The summed E-state index contributed by atoms with van der Waals surface area (Å²) in [5.41, 5.74) is -1.36. The molecule has 0 radical (unpaired) electrons. The summed E-state index contributed by atoms with van der Waals surface area (Å²) in [6.07, 6.45) is 2.69. The van der Waals surface area contributed by atoms with E-state index in [-0.39, 0.29) is 11.6 Å². The molecule has 0 saturated carbocycles. The van der Waals surface area contributed by atoms with E-state index >= 15 is 0 Å². The van der Waals surface area contributed by atoms with E-state index < -0.39 is 40.0 Å². The number of ether oxygens (including phenoxy) is 1. The van der Waals surface area contributed by atoms with Gasteiger partial charge in [-0.1, -0.05) is 4.49 Å². The lowest BCUT2D eigenvalue weighted by atomic mass is 10.1. The molecule has 31 heavy (non-hydrogen) atoms. The zero-order valence-electron chi connectivity index (χ0n) is 16.4. The maximum atomic E-state index is 14.8. The number of nitrogens with zero attached hydrogens (tertiary/aromatic N) is 6. The molecule has 0 fully saturated rings. The van der Waals surface area contributed by atoms with Crippen molar-refractivity contribution in [2.45, 2.75) is 20.4 Å². The van der Waals surface area contributed by atoms with Crippen molar-refractivity contribution in [2.24, 2.45) is 0 Å². The van der Waals surface area contributed by atoms with Crippen LogP contribution in [-0.2, 0) is 11.3 Å². The van der Waals surface area contributed by atoms with Crippen LogP contribution < -0.4 is 5.32 Å². The topological polar surface area (TPSA) is 108 Å². The molecule has 0 aliphatic heterocycles. The van der Waals surface area contributed by atoms with Crippen LogP contribution >= 0.6 is 11.5 Å². The van der Waals surface area contributed by atoms with Gasteiger partial charge >= 0.3 is 5.97 Å². The first kappa shape index (κ1) is 20.7. The molecular weight excluding hydrogens is 435 g/mol. The van der Waals surface area contributed by atoms with Crippen molar-refractivity contribution >= 4 is 34.4 Å². The zero-order valence-corrected chi connectivity index (χ0v) is 17.2. The zero-order chi connectivity index (χ0) is 22.3. The van der Waals surface area contributed by atoms with E-state index in [0.717, 1.165) is 22.2 Å². The summed E-state index contributed by atoms with van der Waals surface area (Å²) in [5, 5.41) is 6.97. The summed E-state index contributed by atoms with van der Waals surface area (Å²) < 4.78 is 53.3. The summed E-state index contributed by atoms with van der Waals surface area (Å²) in [6.45, 7) is 3.73. The number of halogens is 3. The maximum absolute atomic E-state index is 14.8. The number of rotatable bonds is 5. The lowest BCUT2D eigenvalue weighted by Gasteiger charge is -2.10. The number of aryl methyl sites for hydroxylation is 2. The van der Waals surface area contributed by atoms with Crippen molar-refractivity contribution < 1.29 is 22.7 Å². The molecule has 0 spiro atoms. The molecule has 0 saturated heterocycles. The highest BCUT2D eigenvalue weighted by Gasteiger charge is 2.30. The third kappa shape index (κ3) is 3.46. The number of hydrogen-bond acceptors (Lipinski definition) is 9. The molecule has 0 aliphatic rings. The first-order valence-electron chi connectivity index (χ1n) is 8.81. The van der Waals surface area contributed by atoms with E-state index in [1.54, 1.807) is 0 Å². The molecule has 0 atom stereocenters. The van der Waals surface area contributed by atoms with E-state index in [1.165, 1.54) is 30.8 Å². The fraction of sp³-hybridized carbons (Fsp3) is 0.222. The second-order valence-electron chi connectivity index (χ2n) is 6.40. The van der Waals surface area contributed by atoms with Crippen LogP contribution in [0.5, 0.6) is 0 Å². The molecule has 1 aromatic carbocycles. The number of methoxy groups -OCH3 is 1. The predicted molar refractivity (Wildman–Crippen MR) is 105 cm³/mol. The van der Waals surface area contributed by atoms with Crippen LogP contribution in [0.1, 0.15) is 26.8 Å². The maximum Gasteiger partial charge on any atom is 0.344 e. The van der Waals surface area contributed by atoms with Gasteiger partial charge in [-0.25, -0.2) is 32.9 Å². The molecule has 0 bridgehead atoms. The molecule has 9 nitrogen and oxygen atoms in total. The standard InChI is InChI=1S/C18H14F3N7O2S/c1-7-9(31-27-26-7)4-22-10-5-24-11(6-23-10)28-8(2)25-16-14(20)12(18(29)30-3)13(19)15(21)17(16)28/h5-6H,4H2,1-3H3,(H,22,23). The Labute approximate surface area is 177 Å². The average Bonchev–Trinajstić information content (AvgIpc) is 3.33. The smallest absolute Gasteiger partial charge is 0.344 e. The van der Waals surface area contributed by atoms with Crippen LogP contribution in [-0.4, -0.2) is 42.2 Å². The van der Waals surface area contributed by atoms with Crippen LogP contribution in [0.15, 0.2) is 12.4 Å². The summed E-state index contributed by atoms with van der Waals surface area (Å²) in [6, 6.07) is 0. The molecule has 0 amide bonds. The second kappa shape index (κ2) is 7.91. The first-order chi connectivity index (χ1) is 14.8. The van der Waals surface area contributed by atoms with Gasteiger partial charge in [-0.15, -0.1) is 5.10 Å². The lowest BCUT2D eigenvalue weighted by molar-refractivity contribution is 0.0589. The summed E-state index contributed by atoms with van der Waals surface area (Å²) in [4.78, 5) is 25.0. The Morgan fingerprint density at radius 1 is 1.16 bits per heavy atom. The fourth-order valence-electron chi connectivity index (χ4n) is 2.99. The number of hydrogen-bond donors (Lipinski definition) is 1. The van der Waals surface area contributed by atoms with Crippen molar-refractivity contribution in [3.05, 3.63) is 51.8 Å². The van der Waals surface area contributed by atoms with Crippen LogP contribution in [0, 0.1) is 31.3 Å². The van der Waals surface area contributed by atoms with Gasteiger partial charge in [0, 0.05) is 0 Å². The monoisotopic (exact) mass is 449 g/mol. The van der Waals surface area contributed by atoms with Gasteiger partial charge < -0.3 is 10.1 Å². The predicted octanol–water partition coefficient (Wildman–Crippen LogP) is 3.10. The number of fused-ring (bicyclic) bond motifs is 1. The van der Waals surface area contributed by atoms with E-state index in [4.69, 9.17) is 0 Å². The van der Waals surface area contributed by atoms with Crippen LogP contribution in [0.3, 0.4) is 0 Å². The molecule has 3 aromatic heterocycles. The third-order valence-electron chi connectivity index (χ3n) is 4.52. The van der Waals surface area contributed by atoms with Crippen molar-refractivity contribution in [3.63, 3.8) is 0 Å². The number of nitrogens with one attached hydrogen (secondary N) is 1. The van der Waals surface area contributed by atoms with Crippen molar-refractivity contribution in [2.75, 3.05) is 12.4 Å². The molecular formula is C18H14F3N7O2S. The van der Waals surface area contributed by atoms with Crippen LogP contribution in [0.25, 0.3) is 16.9 Å². The number of carbonyl (C=O) groups excluding carboxylic acids is 1. The van der Waals surface area contributed by atoms with E-state index in [0.29, 0.717) is 12.4 Å². The average molecular weight is 449 g/mol. The Morgan fingerprint density at radius 3 is 2.55 bits per heavy atom. The Morgan fingerprint density at radius 2 is 1.94 bits per heavy atom. The SMILES string of the molecule is COC(=O)c1c(F)c(F)c2c(nc(C)n2-c2cnc(NCc3snnc3C)cn2)c1F. The molecule has 3 heterocycles. The summed E-state index contributed by atoms with van der Waals surface area (Å²) in [5.74, 6) is -5.15. The number of carbonyl (C=O) groups is 1. The van der Waals surface area contributed by atoms with Gasteiger partial charge in [0.25, 0.3) is 0 Å². The van der Waals surface area contributed by atoms with Crippen molar-refractivity contribution in [1.82, 2.24) is 29.1 Å². The summed E-state index contributed by atoms with van der Waals surface area (Å²) >= 11 is 1.25. The second-order valence-corrected chi connectivity index (χ2v) is 7.23. The molecule has 1 N–H and O–H groups in total. The van der Waals surface area contributed by atoms with Gasteiger partial charge in [-0.2, -0.15) is 0 Å². The largest absolute Gasteiger partial charge is 0.465 e. The first-order valence-corrected chi connectivity index (χ1v) is 9.58. The minimum atomic E-state index is -1.67. The minimum absolute atomic E-state index is 0.0877. The Hall–Kier alpha value is -3.61. The molecule has 0 unspecified atom stereocenters. The Balaban J connectivity index is 1.73. The normalized spacial score (nSPS) is 11.2. The van der Waals surface area contributed by atoms with Crippen molar-refractivity contribution in [3.8, 4) is 5.82 Å². The van der Waals surface area contributed by atoms with Gasteiger partial charge in [0.1, 0.15) is 28.2 Å². The highest BCUT2D eigenvalue weighted by molar-refractivity contribution is 7.05. The number of benzene rings is 1. The quantitative estimate of drug-likeness (QED) is 0.366. The van der Waals surface area contributed by atoms with E-state index in [2.05, 4.69) is 34.6 Å². The molecule has 13 heteroatoms. The number of esters is 1. The number of anilines is 1. The van der Waals surface area contributed by atoms with Crippen LogP contribution in [0.2, 0.25) is 0 Å². The minimum Gasteiger partial charge on any atom is -0.465 e. The molecule has 0 aliphatic carbocycles. The number of imidazole rings is 1. The van der Waals surface area contributed by atoms with Gasteiger partial charge in [-0.05, 0) is 25.4 Å². The number of aromatic nitrogens is 6. The molecule has 4 aromatic rings. The van der Waals surface area contributed by atoms with Gasteiger partial charge in [0.15, 0.2) is 23.3 Å². The third-order valence-corrected chi connectivity index (χ3v) is 5.35. The summed E-state index contributed by atoms with van der Waals surface area (Å²) in [7, 11) is 0.936. The fourth-order valence-corrected chi connectivity index (χ4v) is 3.56. The van der Waals surface area contributed by atoms with E-state index in [9.17, 15) is 18.0 Å². The Kier molecular flexibility index (Phi) is 5.27.